The summed E-state index contributed by atoms with van der Waals surface area (Å²) in [5, 5.41) is 5.00. The van der Waals surface area contributed by atoms with E-state index in [1.54, 1.807) is 6.92 Å². The molecule has 3 rings (SSSR count). The van der Waals surface area contributed by atoms with Gasteiger partial charge in [-0.25, -0.2) is 4.79 Å². The highest BCUT2D eigenvalue weighted by atomic mass is 16.5. The number of carbonyl (C=O) groups is 3. The van der Waals surface area contributed by atoms with Crippen molar-refractivity contribution in [3.8, 4) is 0 Å². The van der Waals surface area contributed by atoms with Crippen LogP contribution < -0.4 is 10.6 Å². The number of nitrogens with one attached hydrogen (secondary N) is 2. The molecular formula is C12H16N2O4. The molecule has 0 aromatic heterocycles. The summed E-state index contributed by atoms with van der Waals surface area (Å²) in [5.74, 6) is -0.469. The first-order valence-corrected chi connectivity index (χ1v) is 6.31. The number of hydrogen-bond acceptors (Lipinski definition) is 4. The van der Waals surface area contributed by atoms with Gasteiger partial charge < -0.3 is 10.1 Å². The number of carbonyl (C=O) groups excluding carboxylic acids is 3. The van der Waals surface area contributed by atoms with E-state index in [9.17, 15) is 14.4 Å². The van der Waals surface area contributed by atoms with Gasteiger partial charge in [0.1, 0.15) is 5.54 Å². The van der Waals surface area contributed by atoms with E-state index in [1.165, 1.54) is 0 Å². The van der Waals surface area contributed by atoms with Crippen LogP contribution in [0.1, 0.15) is 20.3 Å². The predicted octanol–water partition coefficient (Wildman–Crippen LogP) is 0.0297. The molecule has 3 fully saturated rings. The Balaban J connectivity index is 1.86. The third-order valence-electron chi connectivity index (χ3n) is 4.47. The van der Waals surface area contributed by atoms with Crippen molar-refractivity contribution in [3.63, 3.8) is 0 Å². The van der Waals surface area contributed by atoms with Crippen molar-refractivity contribution in [2.24, 2.45) is 23.7 Å². The molecule has 0 bridgehead atoms. The van der Waals surface area contributed by atoms with Gasteiger partial charge in [0.2, 0.25) is 0 Å². The van der Waals surface area contributed by atoms with E-state index in [2.05, 4.69) is 10.6 Å². The normalized spacial score (nSPS) is 44.6. The summed E-state index contributed by atoms with van der Waals surface area (Å²) in [5.41, 5.74) is -0.876. The van der Waals surface area contributed by atoms with E-state index in [-0.39, 0.29) is 35.5 Å². The van der Waals surface area contributed by atoms with E-state index in [1.807, 2.05) is 6.92 Å². The van der Waals surface area contributed by atoms with Crippen molar-refractivity contribution in [2.75, 3.05) is 6.61 Å². The number of rotatable bonds is 2. The lowest BCUT2D eigenvalue weighted by atomic mass is 9.87. The van der Waals surface area contributed by atoms with Gasteiger partial charge in [-0.2, -0.15) is 0 Å². The van der Waals surface area contributed by atoms with Crippen LogP contribution in [0.5, 0.6) is 0 Å². The van der Waals surface area contributed by atoms with Gasteiger partial charge in [-0.3, -0.25) is 14.9 Å². The monoisotopic (exact) mass is 252 g/mol. The van der Waals surface area contributed by atoms with Gasteiger partial charge in [-0.15, -0.1) is 0 Å². The maximum atomic E-state index is 12.0. The van der Waals surface area contributed by atoms with Crippen LogP contribution in [-0.4, -0.2) is 30.1 Å². The molecule has 2 saturated carbocycles. The van der Waals surface area contributed by atoms with E-state index in [0.29, 0.717) is 13.0 Å². The highest BCUT2D eigenvalue weighted by molar-refractivity contribution is 6.08. The van der Waals surface area contributed by atoms with Crippen LogP contribution in [0.3, 0.4) is 0 Å². The molecule has 0 radical (unpaired) electrons. The van der Waals surface area contributed by atoms with Crippen molar-refractivity contribution >= 4 is 17.9 Å². The average molecular weight is 252 g/mol. The Hall–Kier alpha value is -1.59. The molecule has 2 N–H and O–H groups in total. The van der Waals surface area contributed by atoms with Gasteiger partial charge in [-0.1, -0.05) is 6.92 Å². The molecule has 0 aromatic rings. The fourth-order valence-electron chi connectivity index (χ4n) is 3.88. The molecule has 98 valence electrons. The zero-order valence-electron chi connectivity index (χ0n) is 10.4. The minimum atomic E-state index is -0.876. The van der Waals surface area contributed by atoms with Crippen molar-refractivity contribution in [3.05, 3.63) is 0 Å². The largest absolute Gasteiger partial charge is 0.466 e. The zero-order valence-corrected chi connectivity index (χ0v) is 10.4. The van der Waals surface area contributed by atoms with Gasteiger partial charge in [0.25, 0.3) is 5.91 Å². The molecule has 2 aliphatic carbocycles. The highest BCUT2D eigenvalue weighted by Crippen LogP contribution is 2.65. The van der Waals surface area contributed by atoms with Gasteiger partial charge in [0.15, 0.2) is 0 Å². The smallest absolute Gasteiger partial charge is 0.322 e. The second-order valence-corrected chi connectivity index (χ2v) is 5.44. The summed E-state index contributed by atoms with van der Waals surface area (Å²) >= 11 is 0. The van der Waals surface area contributed by atoms with E-state index < -0.39 is 11.6 Å². The number of fused-ring (bicyclic) bond motifs is 2. The lowest BCUT2D eigenvalue weighted by Gasteiger charge is -2.24. The number of urea groups is 1. The van der Waals surface area contributed by atoms with E-state index in [4.69, 9.17) is 4.74 Å². The first-order valence-electron chi connectivity index (χ1n) is 6.31. The number of imide groups is 1. The Morgan fingerprint density at radius 2 is 2.22 bits per heavy atom. The quantitative estimate of drug-likeness (QED) is 0.536. The Bertz CT molecular complexity index is 449. The Labute approximate surface area is 104 Å². The maximum absolute atomic E-state index is 12.0. The van der Waals surface area contributed by atoms with Crippen molar-refractivity contribution in [2.45, 2.75) is 25.8 Å². The lowest BCUT2D eigenvalue weighted by Crippen LogP contribution is -2.49. The molecule has 1 heterocycles. The van der Waals surface area contributed by atoms with Gasteiger partial charge in [-0.05, 0) is 25.2 Å². The second-order valence-electron chi connectivity index (χ2n) is 5.44. The molecule has 18 heavy (non-hydrogen) atoms. The topological polar surface area (TPSA) is 84.5 Å². The second kappa shape index (κ2) is 3.46. The van der Waals surface area contributed by atoms with Crippen molar-refractivity contribution in [1.29, 1.82) is 0 Å². The summed E-state index contributed by atoms with van der Waals surface area (Å²) in [4.78, 5) is 35.1. The first-order chi connectivity index (χ1) is 8.51. The van der Waals surface area contributed by atoms with Crippen molar-refractivity contribution < 1.29 is 19.1 Å². The number of esters is 1. The highest BCUT2D eigenvalue weighted by Gasteiger charge is 2.75. The summed E-state index contributed by atoms with van der Waals surface area (Å²) in [7, 11) is 0. The van der Waals surface area contributed by atoms with E-state index in [0.717, 1.165) is 0 Å². The van der Waals surface area contributed by atoms with Gasteiger partial charge in [0, 0.05) is 5.92 Å². The van der Waals surface area contributed by atoms with Crippen LogP contribution in [0.15, 0.2) is 0 Å². The summed E-state index contributed by atoms with van der Waals surface area (Å²) in [6.07, 6.45) is 0.607. The number of hydrogen-bond donors (Lipinski definition) is 2. The fourth-order valence-corrected chi connectivity index (χ4v) is 3.88. The summed E-state index contributed by atoms with van der Waals surface area (Å²) < 4.78 is 5.03. The molecule has 1 saturated heterocycles. The Kier molecular flexibility index (Phi) is 2.21. The average Bonchev–Trinajstić information content (AvgIpc) is 2.89. The molecule has 5 atom stereocenters. The lowest BCUT2D eigenvalue weighted by molar-refractivity contribution is -0.146. The van der Waals surface area contributed by atoms with Crippen LogP contribution in [0, 0.1) is 23.7 Å². The molecule has 3 aliphatic rings. The molecule has 0 unspecified atom stereocenters. The standard InChI is InChI=1S/C12H16N2O4/c1-3-18-9(15)7-6-5(2)4-12(8(6)7)10(16)13-11(17)14-12/h5-8H,3-4H2,1-2H3,(H2,13,14,16,17)/t5-,6+,7+,8+,12+/m1/s1. The maximum Gasteiger partial charge on any atom is 0.322 e. The minimum Gasteiger partial charge on any atom is -0.466 e. The van der Waals surface area contributed by atoms with Crippen LogP contribution in [0.25, 0.3) is 0 Å². The molecule has 1 spiro atoms. The van der Waals surface area contributed by atoms with Crippen LogP contribution in [0.2, 0.25) is 0 Å². The third kappa shape index (κ3) is 1.26. The predicted molar refractivity (Wildman–Crippen MR) is 60.3 cm³/mol. The van der Waals surface area contributed by atoms with Crippen LogP contribution >= 0.6 is 0 Å². The molecule has 3 amide bonds. The first kappa shape index (κ1) is 11.5. The molecule has 1 aliphatic heterocycles. The Morgan fingerprint density at radius 1 is 1.50 bits per heavy atom. The molecule has 6 nitrogen and oxygen atoms in total. The van der Waals surface area contributed by atoms with Gasteiger partial charge >= 0.3 is 12.0 Å². The fraction of sp³-hybridized carbons (Fsp3) is 0.750. The number of amides is 3. The van der Waals surface area contributed by atoms with Crippen LogP contribution in [-0.2, 0) is 14.3 Å². The van der Waals surface area contributed by atoms with Crippen molar-refractivity contribution in [1.82, 2.24) is 10.6 Å². The molecular weight excluding hydrogens is 236 g/mol. The zero-order chi connectivity index (χ0) is 13.1. The molecule has 0 aromatic carbocycles. The van der Waals surface area contributed by atoms with Gasteiger partial charge in [0.05, 0.1) is 12.5 Å². The van der Waals surface area contributed by atoms with E-state index >= 15 is 0 Å². The third-order valence-corrected chi connectivity index (χ3v) is 4.47. The summed E-state index contributed by atoms with van der Waals surface area (Å²) in [6.45, 7) is 4.12. The Morgan fingerprint density at radius 3 is 2.78 bits per heavy atom. The molecule has 6 heteroatoms. The number of ether oxygens (including phenoxy) is 1. The van der Waals surface area contributed by atoms with Crippen LogP contribution in [0.4, 0.5) is 4.79 Å². The SMILES string of the molecule is CCOC(=O)[C@H]1[C@H]2[C@@H]1[C@]1(C[C@H]2C)NC(=O)NC1=O. The summed E-state index contributed by atoms with van der Waals surface area (Å²) in [6, 6.07) is -0.456. The minimum absolute atomic E-state index is 0.0991.